The number of nitrogens with one attached hydrogen (secondary N) is 1. The average molecular weight is 435 g/mol. The van der Waals surface area contributed by atoms with E-state index in [1.54, 1.807) is 24.3 Å². The van der Waals surface area contributed by atoms with E-state index in [4.69, 9.17) is 5.26 Å². The lowest BCUT2D eigenvalue weighted by molar-refractivity contribution is -0.0993. The van der Waals surface area contributed by atoms with Crippen LogP contribution < -0.4 is 5.32 Å². The van der Waals surface area contributed by atoms with E-state index in [-0.39, 0.29) is 5.91 Å². The van der Waals surface area contributed by atoms with Crippen molar-refractivity contribution < 1.29 is 9.90 Å². The first-order chi connectivity index (χ1) is 15.3. The predicted octanol–water partition coefficient (Wildman–Crippen LogP) is 5.31. The van der Waals surface area contributed by atoms with E-state index in [9.17, 15) is 9.90 Å². The lowest BCUT2D eigenvalue weighted by Crippen LogP contribution is -2.51. The van der Waals surface area contributed by atoms with E-state index in [1.807, 2.05) is 6.92 Å². The molecule has 4 fully saturated rings. The molecule has 4 saturated carbocycles. The van der Waals surface area contributed by atoms with Gasteiger partial charge in [0.1, 0.15) is 0 Å². The van der Waals surface area contributed by atoms with Crippen LogP contribution in [0.4, 0.5) is 0 Å². The van der Waals surface area contributed by atoms with E-state index < -0.39 is 5.60 Å². The van der Waals surface area contributed by atoms with Crippen LogP contribution in [0.5, 0.6) is 0 Å². The zero-order valence-electron chi connectivity index (χ0n) is 19.6. The highest BCUT2D eigenvalue weighted by Crippen LogP contribution is 2.64. The minimum atomic E-state index is -0.444. The Morgan fingerprint density at radius 1 is 1.09 bits per heavy atom. The highest BCUT2D eigenvalue weighted by atomic mass is 16.3. The number of benzene rings is 1. The third-order valence-corrected chi connectivity index (χ3v) is 10.2. The third kappa shape index (κ3) is 3.77. The SMILES string of the molecule is C[C@@]1(O)CC[C@H]2[C@H](CC[C@@H]3[C@@H]2CC[C@]2(C)[C@@H](CNC(=O)c4cccc(C#N)c4)CC[C@@H]32)C1. The van der Waals surface area contributed by atoms with Crippen molar-refractivity contribution in [3.63, 3.8) is 0 Å². The molecule has 0 bridgehead atoms. The van der Waals surface area contributed by atoms with Crippen LogP contribution in [0.25, 0.3) is 0 Å². The maximum absolute atomic E-state index is 12.7. The summed E-state index contributed by atoms with van der Waals surface area (Å²) in [4.78, 5) is 12.7. The van der Waals surface area contributed by atoms with Gasteiger partial charge in [-0.3, -0.25) is 4.79 Å². The predicted molar refractivity (Wildman–Crippen MR) is 125 cm³/mol. The zero-order chi connectivity index (χ0) is 22.5. The van der Waals surface area contributed by atoms with Crippen molar-refractivity contribution in [1.82, 2.24) is 5.32 Å². The van der Waals surface area contributed by atoms with Crippen molar-refractivity contribution in [2.75, 3.05) is 6.54 Å². The van der Waals surface area contributed by atoms with Gasteiger partial charge in [0.25, 0.3) is 5.91 Å². The fourth-order valence-electron chi connectivity index (χ4n) is 8.57. The Morgan fingerprint density at radius 3 is 2.72 bits per heavy atom. The van der Waals surface area contributed by atoms with E-state index in [0.29, 0.717) is 22.5 Å². The van der Waals surface area contributed by atoms with Gasteiger partial charge in [0.05, 0.1) is 17.2 Å². The van der Waals surface area contributed by atoms with Gasteiger partial charge >= 0.3 is 0 Å². The molecular formula is C28H38N2O2. The Kier molecular flexibility index (Phi) is 5.61. The number of fused-ring (bicyclic) bond motifs is 5. The smallest absolute Gasteiger partial charge is 0.251 e. The lowest BCUT2D eigenvalue weighted by atomic mass is 9.49. The van der Waals surface area contributed by atoms with Gasteiger partial charge in [-0.1, -0.05) is 13.0 Å². The summed E-state index contributed by atoms with van der Waals surface area (Å²) in [5, 5.41) is 22.9. The molecule has 0 aromatic heterocycles. The minimum Gasteiger partial charge on any atom is -0.390 e. The van der Waals surface area contributed by atoms with Gasteiger partial charge in [-0.25, -0.2) is 0 Å². The fraction of sp³-hybridized carbons (Fsp3) is 0.714. The summed E-state index contributed by atoms with van der Waals surface area (Å²) in [7, 11) is 0. The van der Waals surface area contributed by atoms with Gasteiger partial charge < -0.3 is 10.4 Å². The van der Waals surface area contributed by atoms with Crippen molar-refractivity contribution in [3.05, 3.63) is 35.4 Å². The highest BCUT2D eigenvalue weighted by Gasteiger charge is 2.57. The van der Waals surface area contributed by atoms with Gasteiger partial charge in [0.15, 0.2) is 0 Å². The minimum absolute atomic E-state index is 0.0578. The lowest BCUT2D eigenvalue weighted by Gasteiger charge is -2.57. The van der Waals surface area contributed by atoms with E-state index in [0.717, 1.165) is 49.0 Å². The standard InChI is InChI=1S/C28H38N2O2/c1-27(32)12-10-22-20(15-27)6-8-24-23(22)11-13-28(2)21(7-9-25(24)28)17-30-26(31)19-5-3-4-18(14-19)16-29/h3-5,14,20-25,32H,6-13,15,17H2,1-2H3,(H,30,31)/t20-,21-,22+,23-,24-,25+,27-,28-/m1/s1. The molecule has 172 valence electrons. The second-order valence-electron chi connectivity index (χ2n) is 11.9. The molecule has 4 aliphatic carbocycles. The van der Waals surface area contributed by atoms with E-state index in [1.165, 1.54) is 44.9 Å². The molecule has 1 aromatic carbocycles. The molecule has 8 atom stereocenters. The first-order valence-electron chi connectivity index (χ1n) is 12.8. The molecule has 5 rings (SSSR count). The van der Waals surface area contributed by atoms with Crippen LogP contribution in [0.2, 0.25) is 0 Å². The van der Waals surface area contributed by atoms with Crippen LogP contribution in [0.1, 0.15) is 87.6 Å². The van der Waals surface area contributed by atoms with Crippen LogP contribution in [0, 0.1) is 52.3 Å². The van der Waals surface area contributed by atoms with Crippen molar-refractivity contribution in [3.8, 4) is 6.07 Å². The molecule has 0 aliphatic heterocycles. The summed E-state index contributed by atoms with van der Waals surface area (Å²) in [6.07, 6.45) is 10.9. The second kappa shape index (κ2) is 8.17. The number of carbonyl (C=O) groups excluding carboxylic acids is 1. The zero-order valence-corrected chi connectivity index (χ0v) is 19.6. The molecule has 4 aliphatic rings. The number of nitrogens with zero attached hydrogens (tertiary/aromatic N) is 1. The van der Waals surface area contributed by atoms with Crippen molar-refractivity contribution in [1.29, 1.82) is 5.26 Å². The summed E-state index contributed by atoms with van der Waals surface area (Å²) >= 11 is 0. The average Bonchev–Trinajstić information content (AvgIpc) is 3.12. The maximum atomic E-state index is 12.7. The van der Waals surface area contributed by atoms with Gasteiger partial charge in [-0.15, -0.1) is 0 Å². The number of hydrogen-bond donors (Lipinski definition) is 2. The van der Waals surface area contributed by atoms with Gasteiger partial charge in [-0.2, -0.15) is 5.26 Å². The number of aliphatic hydroxyl groups is 1. The molecule has 0 saturated heterocycles. The van der Waals surface area contributed by atoms with Crippen LogP contribution in [-0.2, 0) is 0 Å². The van der Waals surface area contributed by atoms with Crippen LogP contribution in [-0.4, -0.2) is 23.2 Å². The Hall–Kier alpha value is -1.86. The van der Waals surface area contributed by atoms with Gasteiger partial charge in [0, 0.05) is 12.1 Å². The molecule has 32 heavy (non-hydrogen) atoms. The molecule has 1 aromatic rings. The number of amides is 1. The summed E-state index contributed by atoms with van der Waals surface area (Å²) in [5.41, 5.74) is 0.999. The summed E-state index contributed by atoms with van der Waals surface area (Å²) < 4.78 is 0. The molecule has 4 nitrogen and oxygen atoms in total. The quantitative estimate of drug-likeness (QED) is 0.677. The molecule has 4 heteroatoms. The molecule has 1 amide bonds. The van der Waals surface area contributed by atoms with E-state index in [2.05, 4.69) is 18.3 Å². The number of rotatable bonds is 3. The first-order valence-corrected chi connectivity index (χ1v) is 12.8. The number of carbonyl (C=O) groups is 1. The molecule has 2 N–H and O–H groups in total. The third-order valence-electron chi connectivity index (χ3n) is 10.2. The normalized spacial score (nSPS) is 42.8. The number of nitriles is 1. The monoisotopic (exact) mass is 434 g/mol. The van der Waals surface area contributed by atoms with Crippen molar-refractivity contribution in [2.45, 2.75) is 77.2 Å². The topological polar surface area (TPSA) is 73.1 Å². The Labute approximate surface area is 192 Å². The summed E-state index contributed by atoms with van der Waals surface area (Å²) in [5.74, 6) is 4.51. The van der Waals surface area contributed by atoms with Crippen LogP contribution >= 0.6 is 0 Å². The van der Waals surface area contributed by atoms with E-state index >= 15 is 0 Å². The molecule has 0 spiro atoms. The Bertz CT molecular complexity index is 918. The molecular weight excluding hydrogens is 396 g/mol. The number of hydrogen-bond acceptors (Lipinski definition) is 3. The van der Waals surface area contributed by atoms with Crippen LogP contribution in [0.15, 0.2) is 24.3 Å². The highest BCUT2D eigenvalue weighted by molar-refractivity contribution is 5.94. The van der Waals surface area contributed by atoms with Crippen molar-refractivity contribution >= 4 is 5.91 Å². The summed E-state index contributed by atoms with van der Waals surface area (Å²) in [6, 6.07) is 9.11. The molecule has 0 heterocycles. The first kappa shape index (κ1) is 22.0. The van der Waals surface area contributed by atoms with Gasteiger partial charge in [-0.05, 0) is 124 Å². The maximum Gasteiger partial charge on any atom is 0.251 e. The van der Waals surface area contributed by atoms with Crippen LogP contribution in [0.3, 0.4) is 0 Å². The Balaban J connectivity index is 1.24. The second-order valence-corrected chi connectivity index (χ2v) is 11.9. The summed E-state index contributed by atoms with van der Waals surface area (Å²) in [6.45, 7) is 5.29. The molecule has 0 radical (unpaired) electrons. The van der Waals surface area contributed by atoms with Crippen molar-refractivity contribution in [2.24, 2.45) is 40.9 Å². The Morgan fingerprint density at radius 2 is 1.91 bits per heavy atom. The largest absolute Gasteiger partial charge is 0.390 e. The molecule has 0 unspecified atom stereocenters. The van der Waals surface area contributed by atoms with Gasteiger partial charge in [0.2, 0.25) is 0 Å². The fourth-order valence-corrected chi connectivity index (χ4v) is 8.57.